The lowest BCUT2D eigenvalue weighted by Crippen LogP contribution is -2.61. The third kappa shape index (κ3) is 4.41. The van der Waals surface area contributed by atoms with Crippen molar-refractivity contribution in [1.29, 1.82) is 0 Å². The topological polar surface area (TPSA) is 29.5 Å². The highest BCUT2D eigenvalue weighted by Crippen LogP contribution is 2.47. The van der Waals surface area contributed by atoms with Gasteiger partial charge in [-0.05, 0) is 91.6 Å². The quantitative estimate of drug-likeness (QED) is 0.0947. The van der Waals surface area contributed by atoms with Crippen molar-refractivity contribution in [1.82, 2.24) is 4.40 Å². The highest BCUT2D eigenvalue weighted by molar-refractivity contribution is 6.13. The maximum atomic E-state index is 15.1. The average molecular weight is 668 g/mol. The minimum atomic E-state index is -0.334. The Balaban J connectivity index is 1.53. The molecular weight excluding hydrogens is 623 g/mol. The number of rotatable bonds is 7. The number of unbranched alkanes of at least 4 members (excludes halogenated alkanes) is 2. The highest BCUT2D eigenvalue weighted by atomic mass is 16.1. The molecule has 0 radical (unpaired) electrons. The predicted octanol–water partition coefficient (Wildman–Crippen LogP) is 9.20. The molecule has 5 heterocycles. The average Bonchev–Trinajstić information content (AvgIpc) is 3.51. The van der Waals surface area contributed by atoms with Gasteiger partial charge in [-0.15, -0.1) is 4.40 Å². The van der Waals surface area contributed by atoms with Gasteiger partial charge in [-0.25, -0.2) is 4.79 Å². The molecule has 0 aliphatic carbocycles. The number of hydrogen-bond acceptors (Lipinski definition) is 1. The number of para-hydroxylation sites is 1. The van der Waals surface area contributed by atoms with Crippen LogP contribution in [0.15, 0.2) is 114 Å². The van der Waals surface area contributed by atoms with Gasteiger partial charge in [0.2, 0.25) is 16.7 Å². The first-order valence-corrected chi connectivity index (χ1v) is 18.8. The molecule has 0 amide bonds. The van der Waals surface area contributed by atoms with Gasteiger partial charge in [0.1, 0.15) is 17.1 Å². The number of fused-ring (bicyclic) bond motifs is 5. The smallest absolute Gasteiger partial charge is 0.240 e. The molecule has 252 valence electrons. The lowest BCUT2D eigenvalue weighted by Gasteiger charge is -2.36. The van der Waals surface area contributed by atoms with Crippen LogP contribution in [0, 0.1) is 13.8 Å². The summed E-state index contributed by atoms with van der Waals surface area (Å²) in [5.74, 6) is 0. The Labute approximate surface area is 299 Å². The van der Waals surface area contributed by atoms with Crippen molar-refractivity contribution in [3.8, 4) is 22.4 Å². The third-order valence-electron chi connectivity index (χ3n) is 12.0. The van der Waals surface area contributed by atoms with Gasteiger partial charge in [0.05, 0.1) is 16.4 Å². The maximum Gasteiger partial charge on any atom is 0.350 e. The van der Waals surface area contributed by atoms with E-state index in [1.807, 2.05) is 18.2 Å². The van der Waals surface area contributed by atoms with E-state index in [2.05, 4.69) is 139 Å². The largest absolute Gasteiger partial charge is 0.350 e. The summed E-state index contributed by atoms with van der Waals surface area (Å²) >= 11 is 0. The van der Waals surface area contributed by atoms with Crippen molar-refractivity contribution >= 4 is 38.4 Å². The fourth-order valence-corrected chi connectivity index (χ4v) is 9.36. The van der Waals surface area contributed by atoms with Gasteiger partial charge >= 0.3 is 11.2 Å². The number of benzene rings is 4. The van der Waals surface area contributed by atoms with Gasteiger partial charge in [0.15, 0.2) is 6.20 Å². The van der Waals surface area contributed by atoms with Gasteiger partial charge in [-0.2, -0.15) is 8.97 Å². The van der Waals surface area contributed by atoms with Gasteiger partial charge in [0.25, 0.3) is 0 Å². The summed E-state index contributed by atoms with van der Waals surface area (Å²) in [6.45, 7) is 11.4. The Morgan fingerprint density at radius 2 is 1.49 bits per heavy atom. The molecule has 0 bridgehead atoms. The van der Waals surface area contributed by atoms with Crippen LogP contribution in [0.2, 0.25) is 0 Å². The first-order valence-electron chi connectivity index (χ1n) is 18.8. The third-order valence-corrected chi connectivity index (χ3v) is 12.0. The molecule has 0 N–H and O–H groups in total. The second-order valence-corrected chi connectivity index (χ2v) is 14.7. The van der Waals surface area contributed by atoms with E-state index < -0.39 is 0 Å². The minimum absolute atomic E-state index is 0.0293. The monoisotopic (exact) mass is 667 g/mol. The summed E-state index contributed by atoms with van der Waals surface area (Å²) in [7, 11) is 0. The van der Waals surface area contributed by atoms with Crippen molar-refractivity contribution in [2.75, 3.05) is 0 Å². The molecule has 0 spiro atoms. The van der Waals surface area contributed by atoms with E-state index in [1.54, 1.807) is 0 Å². The number of nitrogens with zero attached hydrogens (tertiary/aromatic N) is 3. The summed E-state index contributed by atoms with van der Waals surface area (Å²) in [6.07, 6.45) is 11.1. The SMILES string of the molecule is CCCCCc1cc2c(cc1C)C(CC)(CC)C(=c1c3cccc4c(-c5ccccc5)cn5c6ccccc6c(=O)[n+]1c5c43)[n+]1ccc(C)cc1-2. The summed E-state index contributed by atoms with van der Waals surface area (Å²) in [6, 6.07) is 35.0. The van der Waals surface area contributed by atoms with Crippen molar-refractivity contribution < 1.29 is 8.97 Å². The van der Waals surface area contributed by atoms with Crippen molar-refractivity contribution in [2.24, 2.45) is 0 Å². The van der Waals surface area contributed by atoms with E-state index in [0.29, 0.717) is 0 Å². The van der Waals surface area contributed by atoms with E-state index in [9.17, 15) is 0 Å². The van der Waals surface area contributed by atoms with E-state index in [1.165, 1.54) is 58.5 Å². The summed E-state index contributed by atoms with van der Waals surface area (Å²) in [4.78, 5) is 15.1. The fraction of sp³-hybridized carbons (Fsp3) is 0.255. The van der Waals surface area contributed by atoms with Crippen molar-refractivity contribution in [3.63, 3.8) is 0 Å². The van der Waals surface area contributed by atoms with Gasteiger partial charge < -0.3 is 0 Å². The molecule has 0 saturated carbocycles. The molecule has 1 aliphatic heterocycles. The number of aryl methyl sites for hydroxylation is 3. The van der Waals surface area contributed by atoms with Crippen LogP contribution in [0.4, 0.5) is 0 Å². The van der Waals surface area contributed by atoms with Crippen LogP contribution < -0.4 is 19.9 Å². The van der Waals surface area contributed by atoms with Crippen LogP contribution in [0.25, 0.3) is 60.8 Å². The van der Waals surface area contributed by atoms with Crippen LogP contribution in [0.5, 0.6) is 0 Å². The zero-order valence-corrected chi connectivity index (χ0v) is 30.4. The first-order chi connectivity index (χ1) is 24.9. The van der Waals surface area contributed by atoms with Gasteiger partial charge in [0, 0.05) is 28.5 Å². The lowest BCUT2D eigenvalue weighted by atomic mass is 9.67. The van der Waals surface area contributed by atoms with Gasteiger partial charge in [-0.1, -0.05) is 94.3 Å². The summed E-state index contributed by atoms with van der Waals surface area (Å²) in [5.41, 5.74) is 13.0. The molecule has 4 aromatic carbocycles. The van der Waals surface area contributed by atoms with E-state index in [-0.39, 0.29) is 11.0 Å². The molecule has 4 aromatic heterocycles. The molecule has 9 rings (SSSR count). The zero-order chi connectivity index (χ0) is 35.0. The second-order valence-electron chi connectivity index (χ2n) is 14.7. The van der Waals surface area contributed by atoms with E-state index in [0.717, 1.165) is 68.4 Å². The predicted molar refractivity (Wildman–Crippen MR) is 210 cm³/mol. The Hall–Kier alpha value is -5.35. The Morgan fingerprint density at radius 3 is 2.27 bits per heavy atom. The van der Waals surface area contributed by atoms with Crippen molar-refractivity contribution in [3.05, 3.63) is 147 Å². The lowest BCUT2D eigenvalue weighted by molar-refractivity contribution is -0.596. The summed E-state index contributed by atoms with van der Waals surface area (Å²) in [5, 5.41) is 5.13. The van der Waals surface area contributed by atoms with Crippen LogP contribution >= 0.6 is 0 Å². The molecule has 51 heavy (non-hydrogen) atoms. The maximum absolute atomic E-state index is 15.1. The zero-order valence-electron chi connectivity index (χ0n) is 30.4. The molecule has 0 saturated heterocycles. The number of pyridine rings is 2. The van der Waals surface area contributed by atoms with Crippen LogP contribution in [-0.2, 0) is 11.8 Å². The normalized spacial score (nSPS) is 14.9. The van der Waals surface area contributed by atoms with Gasteiger partial charge in [-0.3, -0.25) is 0 Å². The molecular formula is C47H45N3O+2. The first kappa shape index (κ1) is 31.6. The molecule has 4 heteroatoms. The van der Waals surface area contributed by atoms with E-state index in [4.69, 9.17) is 0 Å². The standard InChI is InChI=1S/C47H45N3O/c1-6-9-11-19-33-28-37-39(27-31(33)5)47(7-2,8-3)44(48-25-24-30(4)26-41(37)48)43-36-22-16-21-34-38(32-17-12-10-13-18-32)29-49-40-23-15-14-20-35(40)46(51)50(43)45(49)42(34)36/h10,12-18,20-29H,6-9,11,19H2,1-5H3/q+2. The molecule has 8 aromatic rings. The van der Waals surface area contributed by atoms with Crippen LogP contribution in [0.3, 0.4) is 0 Å². The molecule has 0 unspecified atom stereocenters. The second kappa shape index (κ2) is 11.9. The fourth-order valence-electron chi connectivity index (χ4n) is 9.36. The number of hydrogen-bond donors (Lipinski definition) is 0. The Morgan fingerprint density at radius 1 is 0.745 bits per heavy atom. The Kier molecular flexibility index (Phi) is 7.36. The highest BCUT2D eigenvalue weighted by Gasteiger charge is 2.50. The summed E-state index contributed by atoms with van der Waals surface area (Å²) < 4.78 is 6.80. The molecule has 1 aliphatic rings. The van der Waals surface area contributed by atoms with Crippen LogP contribution in [0.1, 0.15) is 75.1 Å². The Bertz CT molecular complexity index is 2770. The molecule has 4 nitrogen and oxygen atoms in total. The molecule has 0 atom stereocenters. The number of aromatic nitrogens is 3. The van der Waals surface area contributed by atoms with Crippen LogP contribution in [-0.4, -0.2) is 4.40 Å². The van der Waals surface area contributed by atoms with E-state index >= 15 is 4.79 Å². The molecule has 0 fully saturated rings. The minimum Gasteiger partial charge on any atom is -0.240 e. The van der Waals surface area contributed by atoms with Crippen molar-refractivity contribution in [2.45, 2.75) is 78.6 Å².